The van der Waals surface area contributed by atoms with Crippen molar-refractivity contribution in [1.82, 2.24) is 19.9 Å². The van der Waals surface area contributed by atoms with E-state index in [-0.39, 0.29) is 11.6 Å². The van der Waals surface area contributed by atoms with Gasteiger partial charge in [0.15, 0.2) is 5.69 Å². The monoisotopic (exact) mass is 282 g/mol. The van der Waals surface area contributed by atoms with Gasteiger partial charge >= 0.3 is 5.97 Å². The van der Waals surface area contributed by atoms with Crippen LogP contribution in [0.25, 0.3) is 0 Å². The molecule has 0 saturated carbocycles. The van der Waals surface area contributed by atoms with Crippen molar-refractivity contribution in [3.63, 3.8) is 0 Å². The number of aryl methyl sites for hydroxylation is 1. The van der Waals surface area contributed by atoms with Crippen molar-refractivity contribution in [3.05, 3.63) is 11.4 Å². The summed E-state index contributed by atoms with van der Waals surface area (Å²) in [7, 11) is 0. The minimum Gasteiger partial charge on any atom is -0.476 e. The zero-order valence-corrected chi connectivity index (χ0v) is 12.3. The third-order valence-corrected chi connectivity index (χ3v) is 3.25. The zero-order chi connectivity index (χ0) is 15.1. The molecule has 0 aliphatic heterocycles. The third-order valence-electron chi connectivity index (χ3n) is 3.25. The molecule has 1 aromatic heterocycles. The molecule has 0 spiro atoms. The van der Waals surface area contributed by atoms with Gasteiger partial charge in [0, 0.05) is 26.1 Å². The van der Waals surface area contributed by atoms with Crippen molar-refractivity contribution in [3.8, 4) is 0 Å². The first-order valence-corrected chi connectivity index (χ1v) is 6.98. The van der Waals surface area contributed by atoms with E-state index in [0.717, 1.165) is 0 Å². The lowest BCUT2D eigenvalue weighted by molar-refractivity contribution is -0.130. The zero-order valence-electron chi connectivity index (χ0n) is 12.3. The molecular weight excluding hydrogens is 260 g/mol. The molecule has 0 fully saturated rings. The average Bonchev–Trinajstić information content (AvgIpc) is 2.83. The number of hydrogen-bond donors (Lipinski definition) is 1. The van der Waals surface area contributed by atoms with Crippen LogP contribution in [0.15, 0.2) is 0 Å². The predicted octanol–water partition coefficient (Wildman–Crippen LogP) is 1.19. The van der Waals surface area contributed by atoms with Crippen LogP contribution >= 0.6 is 0 Å². The maximum Gasteiger partial charge on any atom is 0.358 e. The van der Waals surface area contributed by atoms with E-state index >= 15 is 0 Å². The summed E-state index contributed by atoms with van der Waals surface area (Å²) in [5.74, 6) is -0.945. The molecule has 20 heavy (non-hydrogen) atoms. The van der Waals surface area contributed by atoms with Crippen LogP contribution in [-0.2, 0) is 17.8 Å². The number of nitrogens with zero attached hydrogens (tertiary/aromatic N) is 4. The second kappa shape index (κ2) is 7.62. The Morgan fingerprint density at radius 2 is 1.90 bits per heavy atom. The van der Waals surface area contributed by atoms with Crippen molar-refractivity contribution in [1.29, 1.82) is 0 Å². The van der Waals surface area contributed by atoms with Crippen molar-refractivity contribution in [2.45, 2.75) is 46.6 Å². The first-order chi connectivity index (χ1) is 9.54. The van der Waals surface area contributed by atoms with Gasteiger partial charge in [-0.3, -0.25) is 4.79 Å². The molecule has 1 aromatic rings. The fourth-order valence-electron chi connectivity index (χ4n) is 2.14. The van der Waals surface area contributed by atoms with E-state index in [9.17, 15) is 9.59 Å². The highest BCUT2D eigenvalue weighted by Gasteiger charge is 2.17. The van der Waals surface area contributed by atoms with Gasteiger partial charge in [0.05, 0.1) is 5.69 Å². The summed E-state index contributed by atoms with van der Waals surface area (Å²) in [5.41, 5.74) is 0.607. The van der Waals surface area contributed by atoms with E-state index in [1.54, 1.807) is 9.58 Å². The molecule has 1 rings (SSSR count). The number of amides is 1. The van der Waals surface area contributed by atoms with Gasteiger partial charge in [-0.15, -0.1) is 5.10 Å². The topological polar surface area (TPSA) is 88.3 Å². The maximum absolute atomic E-state index is 11.8. The van der Waals surface area contributed by atoms with Crippen LogP contribution in [0.4, 0.5) is 0 Å². The number of carbonyl (C=O) groups is 2. The lowest BCUT2D eigenvalue weighted by atomic mass is 10.2. The highest BCUT2D eigenvalue weighted by molar-refractivity contribution is 5.86. The van der Waals surface area contributed by atoms with E-state index in [4.69, 9.17) is 5.11 Å². The summed E-state index contributed by atoms with van der Waals surface area (Å²) in [4.78, 5) is 24.6. The molecular formula is C13H22N4O3. The molecule has 0 atom stereocenters. The lowest BCUT2D eigenvalue weighted by Gasteiger charge is -2.18. The quantitative estimate of drug-likeness (QED) is 0.773. The van der Waals surface area contributed by atoms with Gasteiger partial charge < -0.3 is 10.0 Å². The summed E-state index contributed by atoms with van der Waals surface area (Å²) in [5, 5.41) is 16.5. The van der Waals surface area contributed by atoms with Crippen LogP contribution in [-0.4, -0.2) is 50.0 Å². The lowest BCUT2D eigenvalue weighted by Crippen LogP contribution is -2.30. The number of carboxylic acid groups (broad SMARTS) is 1. The number of aromatic carboxylic acids is 1. The summed E-state index contributed by atoms with van der Waals surface area (Å²) in [6.07, 6.45) is 1.62. The SMILES string of the molecule is CCc1c(C(=O)O)nnn1CCCC(=O)N(CC)CC. The van der Waals surface area contributed by atoms with Crippen molar-refractivity contribution in [2.75, 3.05) is 13.1 Å². The first-order valence-electron chi connectivity index (χ1n) is 6.98. The molecule has 112 valence electrons. The van der Waals surface area contributed by atoms with Crippen LogP contribution < -0.4 is 0 Å². The summed E-state index contributed by atoms with van der Waals surface area (Å²) in [6.45, 7) is 7.70. The smallest absolute Gasteiger partial charge is 0.358 e. The molecule has 7 nitrogen and oxygen atoms in total. The van der Waals surface area contributed by atoms with Crippen LogP contribution in [0.3, 0.4) is 0 Å². The van der Waals surface area contributed by atoms with Crippen molar-refractivity contribution in [2.24, 2.45) is 0 Å². The van der Waals surface area contributed by atoms with Crippen molar-refractivity contribution < 1.29 is 14.7 Å². The summed E-state index contributed by atoms with van der Waals surface area (Å²) < 4.78 is 1.58. The number of hydrogen-bond acceptors (Lipinski definition) is 4. The standard InChI is InChI=1S/C13H22N4O3/c1-4-10-12(13(19)20)14-15-17(10)9-7-8-11(18)16(5-2)6-3/h4-9H2,1-3H3,(H,19,20). The molecule has 0 unspecified atom stereocenters. The molecule has 7 heteroatoms. The van der Waals surface area contributed by atoms with Crippen molar-refractivity contribution >= 4 is 11.9 Å². The molecule has 1 amide bonds. The summed E-state index contributed by atoms with van der Waals surface area (Å²) in [6, 6.07) is 0. The maximum atomic E-state index is 11.8. The van der Waals surface area contributed by atoms with Gasteiger partial charge in [-0.05, 0) is 26.7 Å². The molecule has 0 aromatic carbocycles. The van der Waals surface area contributed by atoms with Gasteiger partial charge in [0.25, 0.3) is 0 Å². The van der Waals surface area contributed by atoms with Crippen LogP contribution in [0.5, 0.6) is 0 Å². The normalized spacial score (nSPS) is 10.6. The van der Waals surface area contributed by atoms with E-state index in [1.807, 2.05) is 20.8 Å². The Morgan fingerprint density at radius 3 is 2.40 bits per heavy atom. The molecule has 0 saturated heterocycles. The predicted molar refractivity (Wildman–Crippen MR) is 73.5 cm³/mol. The van der Waals surface area contributed by atoms with Gasteiger partial charge in [-0.1, -0.05) is 12.1 Å². The molecule has 0 aliphatic carbocycles. The second-order valence-corrected chi connectivity index (χ2v) is 4.44. The fourth-order valence-corrected chi connectivity index (χ4v) is 2.14. The first kappa shape index (κ1) is 16.1. The Hall–Kier alpha value is -1.92. The van der Waals surface area contributed by atoms with Crippen LogP contribution in [0.1, 0.15) is 49.8 Å². The van der Waals surface area contributed by atoms with Gasteiger partial charge in [-0.2, -0.15) is 0 Å². The number of aromatic nitrogens is 3. The van der Waals surface area contributed by atoms with E-state index in [0.29, 0.717) is 44.6 Å². The van der Waals surface area contributed by atoms with Gasteiger partial charge in [-0.25, -0.2) is 9.48 Å². The highest BCUT2D eigenvalue weighted by Crippen LogP contribution is 2.08. The minimum atomic E-state index is -1.06. The Kier molecular flexibility index (Phi) is 6.14. The number of carbonyl (C=O) groups excluding carboxylic acids is 1. The van der Waals surface area contributed by atoms with Gasteiger partial charge in [0.1, 0.15) is 0 Å². The average molecular weight is 282 g/mol. The number of rotatable bonds is 8. The molecule has 1 N–H and O–H groups in total. The van der Waals surface area contributed by atoms with Gasteiger partial charge in [0.2, 0.25) is 5.91 Å². The second-order valence-electron chi connectivity index (χ2n) is 4.44. The largest absolute Gasteiger partial charge is 0.476 e. The van der Waals surface area contributed by atoms with Crippen LogP contribution in [0, 0.1) is 0 Å². The van der Waals surface area contributed by atoms with E-state index in [2.05, 4.69) is 10.3 Å². The molecule has 0 bridgehead atoms. The Labute approximate surface area is 118 Å². The van der Waals surface area contributed by atoms with Crippen LogP contribution in [0.2, 0.25) is 0 Å². The Balaban J connectivity index is 2.58. The Morgan fingerprint density at radius 1 is 1.25 bits per heavy atom. The van der Waals surface area contributed by atoms with E-state index < -0.39 is 5.97 Å². The Bertz CT molecular complexity index is 466. The molecule has 0 aliphatic rings. The molecule has 0 radical (unpaired) electrons. The summed E-state index contributed by atoms with van der Waals surface area (Å²) >= 11 is 0. The third kappa shape index (κ3) is 3.79. The number of carboxylic acids is 1. The van der Waals surface area contributed by atoms with E-state index in [1.165, 1.54) is 0 Å². The molecule has 1 heterocycles. The highest BCUT2D eigenvalue weighted by atomic mass is 16.4. The fraction of sp³-hybridized carbons (Fsp3) is 0.692. The minimum absolute atomic E-state index is 0.00238.